The Kier molecular flexibility index (Phi) is 5.60. The number of rotatable bonds is 6. The highest BCUT2D eigenvalue weighted by molar-refractivity contribution is 6.06. The number of nitrogens with one attached hydrogen (secondary N) is 1. The SMILES string of the molecule is CCN1CCCC1CNC(=O)C(C)(CC)C(N)=NO. The molecule has 1 heterocycles. The molecule has 2 unspecified atom stereocenters. The third-order valence-corrected chi connectivity index (χ3v) is 4.28. The number of likely N-dealkylation sites (tertiary alicyclic amines) is 1. The van der Waals surface area contributed by atoms with E-state index in [9.17, 15) is 4.79 Å². The molecule has 0 aliphatic carbocycles. The van der Waals surface area contributed by atoms with Crippen molar-refractivity contribution in [2.24, 2.45) is 16.3 Å². The summed E-state index contributed by atoms with van der Waals surface area (Å²) in [6.45, 7) is 8.41. The van der Waals surface area contributed by atoms with Crippen LogP contribution in [0.4, 0.5) is 0 Å². The second-order valence-electron chi connectivity index (χ2n) is 5.31. The first-order valence-corrected chi connectivity index (χ1v) is 6.99. The maximum atomic E-state index is 12.2. The number of nitrogens with zero attached hydrogens (tertiary/aromatic N) is 2. The second-order valence-corrected chi connectivity index (χ2v) is 5.31. The first-order chi connectivity index (χ1) is 8.99. The largest absolute Gasteiger partial charge is 0.409 e. The standard InChI is InChI=1S/C13H26N4O2/c1-4-13(3,11(14)16-19)12(18)15-9-10-7-6-8-17(10)5-2/h10,19H,4-9H2,1-3H3,(H2,14,16)(H,15,18). The van der Waals surface area contributed by atoms with E-state index in [-0.39, 0.29) is 11.7 Å². The average molecular weight is 270 g/mol. The molecule has 1 aliphatic heterocycles. The minimum Gasteiger partial charge on any atom is -0.409 e. The van der Waals surface area contributed by atoms with Crippen molar-refractivity contribution in [3.05, 3.63) is 0 Å². The summed E-state index contributed by atoms with van der Waals surface area (Å²) in [7, 11) is 0. The number of oxime groups is 1. The Labute approximate surface area is 115 Å². The average Bonchev–Trinajstić information content (AvgIpc) is 2.90. The van der Waals surface area contributed by atoms with Crippen molar-refractivity contribution in [2.75, 3.05) is 19.6 Å². The fourth-order valence-corrected chi connectivity index (χ4v) is 2.52. The zero-order valence-corrected chi connectivity index (χ0v) is 12.1. The van der Waals surface area contributed by atoms with Gasteiger partial charge in [0.1, 0.15) is 5.41 Å². The fraction of sp³-hybridized carbons (Fsp3) is 0.846. The molecular formula is C13H26N4O2. The van der Waals surface area contributed by atoms with E-state index in [1.807, 2.05) is 6.92 Å². The smallest absolute Gasteiger partial charge is 0.233 e. The molecule has 1 fully saturated rings. The molecular weight excluding hydrogens is 244 g/mol. The lowest BCUT2D eigenvalue weighted by molar-refractivity contribution is -0.127. The summed E-state index contributed by atoms with van der Waals surface area (Å²) in [4.78, 5) is 14.6. The van der Waals surface area contributed by atoms with Crippen LogP contribution in [0.1, 0.15) is 40.0 Å². The van der Waals surface area contributed by atoms with Crippen LogP contribution >= 0.6 is 0 Å². The quantitative estimate of drug-likeness (QED) is 0.287. The van der Waals surface area contributed by atoms with Crippen molar-refractivity contribution in [3.63, 3.8) is 0 Å². The number of likely N-dealkylation sites (N-methyl/N-ethyl adjacent to an activating group) is 1. The summed E-state index contributed by atoms with van der Waals surface area (Å²) in [5.41, 5.74) is 4.69. The van der Waals surface area contributed by atoms with Crippen molar-refractivity contribution < 1.29 is 10.0 Å². The minimum atomic E-state index is -0.940. The van der Waals surface area contributed by atoms with Gasteiger partial charge in [-0.05, 0) is 39.3 Å². The van der Waals surface area contributed by atoms with E-state index >= 15 is 0 Å². The maximum Gasteiger partial charge on any atom is 0.233 e. The first-order valence-electron chi connectivity index (χ1n) is 6.99. The molecule has 2 atom stereocenters. The minimum absolute atomic E-state index is 0.0359. The topological polar surface area (TPSA) is 91.0 Å². The zero-order valence-electron chi connectivity index (χ0n) is 12.1. The molecule has 0 aromatic carbocycles. The van der Waals surface area contributed by atoms with Crippen LogP contribution in [-0.2, 0) is 4.79 Å². The number of carbonyl (C=O) groups excluding carboxylic acids is 1. The monoisotopic (exact) mass is 270 g/mol. The van der Waals surface area contributed by atoms with Crippen molar-refractivity contribution >= 4 is 11.7 Å². The van der Waals surface area contributed by atoms with Gasteiger partial charge >= 0.3 is 0 Å². The molecule has 1 rings (SSSR count). The van der Waals surface area contributed by atoms with Gasteiger partial charge in [0, 0.05) is 12.6 Å². The molecule has 0 bridgehead atoms. The van der Waals surface area contributed by atoms with Gasteiger partial charge in [-0.2, -0.15) is 0 Å². The second kappa shape index (κ2) is 6.75. The third-order valence-electron chi connectivity index (χ3n) is 4.28. The molecule has 0 radical (unpaired) electrons. The molecule has 6 heteroatoms. The molecule has 0 spiro atoms. The molecule has 0 aromatic heterocycles. The third kappa shape index (κ3) is 3.37. The zero-order chi connectivity index (χ0) is 14.5. The highest BCUT2D eigenvalue weighted by Gasteiger charge is 2.37. The lowest BCUT2D eigenvalue weighted by Crippen LogP contribution is -2.50. The maximum absolute atomic E-state index is 12.2. The predicted octanol–water partition coefficient (Wildman–Crippen LogP) is 0.750. The molecule has 1 aliphatic rings. The number of amides is 1. The van der Waals surface area contributed by atoms with Gasteiger partial charge < -0.3 is 16.3 Å². The molecule has 19 heavy (non-hydrogen) atoms. The van der Waals surface area contributed by atoms with Crippen LogP contribution in [0, 0.1) is 5.41 Å². The van der Waals surface area contributed by atoms with Gasteiger partial charge in [0.2, 0.25) is 5.91 Å². The lowest BCUT2D eigenvalue weighted by Gasteiger charge is -2.28. The van der Waals surface area contributed by atoms with Gasteiger partial charge in [-0.1, -0.05) is 19.0 Å². The first kappa shape index (κ1) is 15.8. The molecule has 110 valence electrons. The molecule has 6 nitrogen and oxygen atoms in total. The van der Waals surface area contributed by atoms with Crippen LogP contribution in [-0.4, -0.2) is 47.5 Å². The van der Waals surface area contributed by atoms with E-state index in [1.165, 1.54) is 6.42 Å². The number of carbonyl (C=O) groups is 1. The molecule has 1 amide bonds. The van der Waals surface area contributed by atoms with Crippen LogP contribution in [0.15, 0.2) is 5.16 Å². The Balaban J connectivity index is 2.59. The normalized spacial score (nSPS) is 24.2. The Morgan fingerprint density at radius 3 is 2.79 bits per heavy atom. The van der Waals surface area contributed by atoms with Crippen LogP contribution in [0.3, 0.4) is 0 Å². The summed E-state index contributed by atoms with van der Waals surface area (Å²) in [5.74, 6) is -0.209. The lowest BCUT2D eigenvalue weighted by atomic mass is 9.85. The van der Waals surface area contributed by atoms with E-state index in [0.717, 1.165) is 19.5 Å². The van der Waals surface area contributed by atoms with E-state index in [1.54, 1.807) is 6.92 Å². The van der Waals surface area contributed by atoms with Crippen LogP contribution < -0.4 is 11.1 Å². The summed E-state index contributed by atoms with van der Waals surface area (Å²) in [6.07, 6.45) is 2.79. The number of hydrogen-bond donors (Lipinski definition) is 3. The summed E-state index contributed by atoms with van der Waals surface area (Å²) < 4.78 is 0. The van der Waals surface area contributed by atoms with Gasteiger partial charge in [-0.15, -0.1) is 0 Å². The van der Waals surface area contributed by atoms with Crippen molar-refractivity contribution in [2.45, 2.75) is 46.1 Å². The van der Waals surface area contributed by atoms with Crippen molar-refractivity contribution in [1.82, 2.24) is 10.2 Å². The molecule has 0 aromatic rings. The van der Waals surface area contributed by atoms with Crippen LogP contribution in [0.5, 0.6) is 0 Å². The predicted molar refractivity (Wildman–Crippen MR) is 75.1 cm³/mol. The summed E-state index contributed by atoms with van der Waals surface area (Å²) in [5, 5.41) is 14.7. The highest BCUT2D eigenvalue weighted by atomic mass is 16.4. The summed E-state index contributed by atoms with van der Waals surface area (Å²) >= 11 is 0. The van der Waals surface area contributed by atoms with Gasteiger partial charge in [0.05, 0.1) is 0 Å². The van der Waals surface area contributed by atoms with E-state index in [0.29, 0.717) is 19.0 Å². The van der Waals surface area contributed by atoms with E-state index < -0.39 is 5.41 Å². The molecule has 4 N–H and O–H groups in total. The molecule has 0 saturated carbocycles. The van der Waals surface area contributed by atoms with Crippen molar-refractivity contribution in [1.29, 1.82) is 0 Å². The Morgan fingerprint density at radius 2 is 2.26 bits per heavy atom. The van der Waals surface area contributed by atoms with E-state index in [2.05, 4.69) is 22.3 Å². The Morgan fingerprint density at radius 1 is 1.58 bits per heavy atom. The summed E-state index contributed by atoms with van der Waals surface area (Å²) in [6, 6.07) is 0.405. The van der Waals surface area contributed by atoms with Crippen molar-refractivity contribution in [3.8, 4) is 0 Å². The fourth-order valence-electron chi connectivity index (χ4n) is 2.52. The number of hydrogen-bond acceptors (Lipinski definition) is 4. The number of nitrogens with two attached hydrogens (primary N) is 1. The van der Waals surface area contributed by atoms with Gasteiger partial charge in [0.15, 0.2) is 5.84 Å². The van der Waals surface area contributed by atoms with Crippen LogP contribution in [0.2, 0.25) is 0 Å². The molecule has 1 saturated heterocycles. The van der Waals surface area contributed by atoms with Gasteiger partial charge in [0.25, 0.3) is 0 Å². The van der Waals surface area contributed by atoms with Crippen LogP contribution in [0.25, 0.3) is 0 Å². The van der Waals surface area contributed by atoms with Gasteiger partial charge in [-0.25, -0.2) is 0 Å². The number of amidine groups is 1. The van der Waals surface area contributed by atoms with Gasteiger partial charge in [-0.3, -0.25) is 9.69 Å². The Bertz CT molecular complexity index is 346. The Hall–Kier alpha value is -1.30. The highest BCUT2D eigenvalue weighted by Crippen LogP contribution is 2.22. The van der Waals surface area contributed by atoms with E-state index in [4.69, 9.17) is 10.9 Å².